The van der Waals surface area contributed by atoms with Crippen molar-refractivity contribution in [3.8, 4) is 0 Å². The topological polar surface area (TPSA) is 29.5 Å². The second-order valence-electron chi connectivity index (χ2n) is 5.27. The van der Waals surface area contributed by atoms with Crippen molar-refractivity contribution in [2.24, 2.45) is 0 Å². The Morgan fingerprint density at radius 1 is 1.43 bits per heavy atom. The second-order valence-corrected chi connectivity index (χ2v) is 5.27. The van der Waals surface area contributed by atoms with Crippen LogP contribution in [0.5, 0.6) is 0 Å². The van der Waals surface area contributed by atoms with E-state index >= 15 is 0 Å². The van der Waals surface area contributed by atoms with Gasteiger partial charge in [-0.15, -0.1) is 0 Å². The zero-order chi connectivity index (χ0) is 15.8. The molecule has 3 nitrogen and oxygen atoms in total. The lowest BCUT2D eigenvalue weighted by molar-refractivity contribution is -0.136. The molecule has 0 aromatic heterocycles. The molecular formula is C14H17BF3NO2. The molecule has 0 saturated carbocycles. The van der Waals surface area contributed by atoms with Crippen LogP contribution >= 0.6 is 0 Å². The van der Waals surface area contributed by atoms with Crippen molar-refractivity contribution >= 4 is 18.3 Å². The Kier molecular flexibility index (Phi) is 4.32. The number of carbonyl (C=O) groups is 1. The van der Waals surface area contributed by atoms with E-state index < -0.39 is 24.6 Å². The Bertz CT molecular complexity index is 560. The number of carbonyl (C=O) groups excluding carboxylic acids is 1. The number of benzene rings is 1. The first kappa shape index (κ1) is 15.9. The average Bonchev–Trinajstić information content (AvgIpc) is 2.78. The van der Waals surface area contributed by atoms with E-state index in [1.54, 1.807) is 13.9 Å². The molecule has 1 aliphatic rings. The number of rotatable bonds is 3. The van der Waals surface area contributed by atoms with Crippen LogP contribution in [0.4, 0.5) is 13.2 Å². The van der Waals surface area contributed by atoms with Crippen LogP contribution in [0.1, 0.15) is 34.8 Å². The van der Waals surface area contributed by atoms with E-state index in [4.69, 9.17) is 4.65 Å². The summed E-state index contributed by atoms with van der Waals surface area (Å²) in [7, 11) is 1.59. The molecule has 0 spiro atoms. The van der Waals surface area contributed by atoms with Gasteiger partial charge >= 0.3 is 13.1 Å². The van der Waals surface area contributed by atoms with Gasteiger partial charge in [-0.2, -0.15) is 13.2 Å². The van der Waals surface area contributed by atoms with Crippen molar-refractivity contribution in [2.45, 2.75) is 33.0 Å². The van der Waals surface area contributed by atoms with Gasteiger partial charge in [0.2, 0.25) is 0 Å². The molecule has 0 aliphatic carbocycles. The molecule has 21 heavy (non-hydrogen) atoms. The quantitative estimate of drug-likeness (QED) is 0.803. The molecule has 1 amide bonds. The summed E-state index contributed by atoms with van der Waals surface area (Å²) in [4.78, 5) is 13.6. The molecule has 0 N–H and O–H groups in total. The van der Waals surface area contributed by atoms with Gasteiger partial charge in [-0.1, -0.05) is 13.7 Å². The molecule has 7 heteroatoms. The van der Waals surface area contributed by atoms with Crippen molar-refractivity contribution in [1.29, 1.82) is 0 Å². The summed E-state index contributed by atoms with van der Waals surface area (Å²) in [5, 5.41) is 0. The average molecular weight is 299 g/mol. The lowest BCUT2D eigenvalue weighted by Crippen LogP contribution is -2.34. The predicted octanol–water partition coefficient (Wildman–Crippen LogP) is 2.55. The Morgan fingerprint density at radius 3 is 2.67 bits per heavy atom. The van der Waals surface area contributed by atoms with Gasteiger partial charge in [0.15, 0.2) is 0 Å². The first-order valence-electron chi connectivity index (χ1n) is 6.86. The Labute approximate surface area is 122 Å². The maximum atomic E-state index is 13.2. The zero-order valence-corrected chi connectivity index (χ0v) is 12.3. The van der Waals surface area contributed by atoms with Gasteiger partial charge in [0.25, 0.3) is 5.91 Å². The molecule has 0 bridgehead atoms. The maximum Gasteiger partial charge on any atom is 0.416 e. The van der Waals surface area contributed by atoms with Crippen molar-refractivity contribution < 1.29 is 22.6 Å². The van der Waals surface area contributed by atoms with Crippen LogP contribution in [-0.2, 0) is 17.4 Å². The van der Waals surface area contributed by atoms with Crippen LogP contribution in [0, 0.1) is 0 Å². The fourth-order valence-corrected chi connectivity index (χ4v) is 2.63. The summed E-state index contributed by atoms with van der Waals surface area (Å²) in [6, 6.07) is 2.46. The smallest absolute Gasteiger partial charge is 0.416 e. The third-order valence-corrected chi connectivity index (χ3v) is 3.62. The molecule has 0 saturated heterocycles. The van der Waals surface area contributed by atoms with Gasteiger partial charge in [-0.3, -0.25) is 4.79 Å². The fraction of sp³-hybridized carbons (Fsp3) is 0.500. The van der Waals surface area contributed by atoms with E-state index in [1.165, 1.54) is 11.0 Å². The van der Waals surface area contributed by atoms with Crippen molar-refractivity contribution in [3.63, 3.8) is 0 Å². The minimum Gasteiger partial charge on any atom is -0.427 e. The number of hydrogen-bond donors (Lipinski definition) is 0. The predicted molar refractivity (Wildman–Crippen MR) is 74.7 cm³/mol. The number of halogens is 3. The molecule has 0 fully saturated rings. The fourth-order valence-electron chi connectivity index (χ4n) is 2.63. The highest BCUT2D eigenvalue weighted by Gasteiger charge is 2.40. The SMILES string of the molecule is CCCN(C)C(=O)c1cc2c(c(C(F)(F)F)c1)B(C)OC2. The van der Waals surface area contributed by atoms with Gasteiger partial charge in [0.05, 0.1) is 12.2 Å². The molecule has 0 radical (unpaired) electrons. The maximum absolute atomic E-state index is 13.2. The van der Waals surface area contributed by atoms with E-state index in [1.807, 2.05) is 6.92 Å². The lowest BCUT2D eigenvalue weighted by atomic mass is 9.62. The van der Waals surface area contributed by atoms with Crippen molar-refractivity contribution in [3.05, 3.63) is 28.8 Å². The van der Waals surface area contributed by atoms with Gasteiger partial charge < -0.3 is 9.55 Å². The number of amides is 1. The summed E-state index contributed by atoms with van der Waals surface area (Å²) < 4.78 is 45.0. The lowest BCUT2D eigenvalue weighted by Gasteiger charge is -2.19. The molecule has 2 rings (SSSR count). The zero-order valence-electron chi connectivity index (χ0n) is 12.3. The molecule has 0 unspecified atom stereocenters. The highest BCUT2D eigenvalue weighted by atomic mass is 19.4. The second kappa shape index (κ2) is 5.71. The number of fused-ring (bicyclic) bond motifs is 1. The van der Waals surface area contributed by atoms with Crippen LogP contribution in [0.25, 0.3) is 0 Å². The van der Waals surface area contributed by atoms with Crippen LogP contribution < -0.4 is 5.46 Å². The van der Waals surface area contributed by atoms with Crippen molar-refractivity contribution in [1.82, 2.24) is 4.90 Å². The molecule has 1 aliphatic heterocycles. The highest BCUT2D eigenvalue weighted by molar-refractivity contribution is 6.68. The summed E-state index contributed by atoms with van der Waals surface area (Å²) in [6.45, 7) is 3.51. The molecule has 1 aromatic rings. The van der Waals surface area contributed by atoms with Gasteiger partial charge in [-0.05, 0) is 29.6 Å². The summed E-state index contributed by atoms with van der Waals surface area (Å²) in [5.41, 5.74) is -0.101. The summed E-state index contributed by atoms with van der Waals surface area (Å²) >= 11 is 0. The highest BCUT2D eigenvalue weighted by Crippen LogP contribution is 2.32. The Morgan fingerprint density at radius 2 is 2.10 bits per heavy atom. The Hall–Kier alpha value is -1.50. The first-order chi connectivity index (χ1) is 9.75. The number of alkyl halides is 3. The van der Waals surface area contributed by atoms with Crippen LogP contribution in [0.2, 0.25) is 6.82 Å². The monoisotopic (exact) mass is 299 g/mol. The molecule has 1 aromatic carbocycles. The largest absolute Gasteiger partial charge is 0.427 e. The third-order valence-electron chi connectivity index (χ3n) is 3.62. The van der Waals surface area contributed by atoms with Gasteiger partial charge in [0, 0.05) is 19.2 Å². The Balaban J connectivity index is 2.49. The van der Waals surface area contributed by atoms with Crippen LogP contribution in [0.3, 0.4) is 0 Å². The molecule has 114 valence electrons. The van der Waals surface area contributed by atoms with E-state index in [2.05, 4.69) is 0 Å². The summed E-state index contributed by atoms with van der Waals surface area (Å²) in [6.07, 6.45) is -3.74. The van der Waals surface area contributed by atoms with E-state index in [-0.39, 0.29) is 17.6 Å². The van der Waals surface area contributed by atoms with Gasteiger partial charge in [0.1, 0.15) is 0 Å². The normalized spacial score (nSPS) is 14.3. The number of hydrogen-bond acceptors (Lipinski definition) is 2. The standard InChI is InChI=1S/C14H17BF3NO2/c1-4-5-19(3)13(20)9-6-10-8-21-15(2)12(10)11(7-9)14(16,17)18/h6-7H,4-5,8H2,1-3H3. The molecular weight excluding hydrogens is 282 g/mol. The number of nitrogens with zero attached hydrogens (tertiary/aromatic N) is 1. The third kappa shape index (κ3) is 3.07. The van der Waals surface area contributed by atoms with E-state index in [0.717, 1.165) is 12.5 Å². The first-order valence-corrected chi connectivity index (χ1v) is 6.86. The van der Waals surface area contributed by atoms with Crippen LogP contribution in [0.15, 0.2) is 12.1 Å². The minimum absolute atomic E-state index is 0.0646. The molecule has 1 heterocycles. The van der Waals surface area contributed by atoms with E-state index in [9.17, 15) is 18.0 Å². The van der Waals surface area contributed by atoms with Crippen LogP contribution in [-0.4, -0.2) is 31.3 Å². The van der Waals surface area contributed by atoms with Gasteiger partial charge in [-0.25, -0.2) is 0 Å². The molecule has 0 atom stereocenters. The summed E-state index contributed by atoms with van der Waals surface area (Å²) in [5.74, 6) is -0.398. The van der Waals surface area contributed by atoms with Crippen molar-refractivity contribution in [2.75, 3.05) is 13.6 Å². The minimum atomic E-state index is -4.49. The van der Waals surface area contributed by atoms with E-state index in [0.29, 0.717) is 12.1 Å².